The summed E-state index contributed by atoms with van der Waals surface area (Å²) in [5.41, 5.74) is 9.89. The van der Waals surface area contributed by atoms with Crippen molar-refractivity contribution < 1.29 is 0 Å². The minimum Gasteiger partial charge on any atom is -0.355 e. The molecule has 1 N–H and O–H groups in total. The molecule has 0 aliphatic heterocycles. The Hall–Kier alpha value is -3.32. The van der Waals surface area contributed by atoms with Crippen LogP contribution >= 0.6 is 0 Å². The molecule has 4 aromatic rings. The van der Waals surface area contributed by atoms with E-state index in [0.29, 0.717) is 11.8 Å². The molecule has 156 valence electrons. The van der Waals surface area contributed by atoms with E-state index in [-0.39, 0.29) is 0 Å². The first-order valence-electron chi connectivity index (χ1n) is 11.2. The van der Waals surface area contributed by atoms with Crippen LogP contribution in [0.3, 0.4) is 0 Å². The molecule has 0 heterocycles. The number of hydrogen-bond acceptors (Lipinski definition) is 1. The Labute approximate surface area is 186 Å². The number of nitrogens with one attached hydrogen (secondary N) is 1. The normalized spacial score (nSPS) is 11.2. The van der Waals surface area contributed by atoms with Gasteiger partial charge in [0, 0.05) is 22.5 Å². The maximum absolute atomic E-state index is 3.77. The van der Waals surface area contributed by atoms with E-state index in [4.69, 9.17) is 0 Å². The zero-order valence-corrected chi connectivity index (χ0v) is 18.9. The SMILES string of the molecule is CC(C)c1ccc(Nc2ccc(C(C)C)cc2-c2ccccc2)c(-c2ccccc2)c1. The lowest BCUT2D eigenvalue weighted by atomic mass is 9.94. The van der Waals surface area contributed by atoms with E-state index in [1.165, 1.54) is 33.4 Å². The van der Waals surface area contributed by atoms with Gasteiger partial charge in [0.1, 0.15) is 0 Å². The summed E-state index contributed by atoms with van der Waals surface area (Å²) in [5.74, 6) is 0.975. The molecule has 0 saturated heterocycles. The molecule has 4 rings (SSSR count). The van der Waals surface area contributed by atoms with Crippen LogP contribution in [-0.4, -0.2) is 0 Å². The maximum Gasteiger partial charge on any atom is 0.0464 e. The van der Waals surface area contributed by atoms with Gasteiger partial charge < -0.3 is 5.32 Å². The predicted octanol–water partition coefficient (Wildman–Crippen LogP) is 9.01. The third kappa shape index (κ3) is 4.72. The van der Waals surface area contributed by atoms with E-state index in [1.807, 2.05) is 0 Å². The number of anilines is 2. The van der Waals surface area contributed by atoms with E-state index in [0.717, 1.165) is 11.4 Å². The summed E-state index contributed by atoms with van der Waals surface area (Å²) >= 11 is 0. The van der Waals surface area contributed by atoms with Gasteiger partial charge in [0.2, 0.25) is 0 Å². The van der Waals surface area contributed by atoms with E-state index in [9.17, 15) is 0 Å². The molecular weight excluding hydrogens is 374 g/mol. The fourth-order valence-electron chi connectivity index (χ4n) is 3.92. The molecule has 4 aromatic carbocycles. The fourth-order valence-corrected chi connectivity index (χ4v) is 3.92. The van der Waals surface area contributed by atoms with E-state index >= 15 is 0 Å². The third-order valence-corrected chi connectivity index (χ3v) is 5.86. The van der Waals surface area contributed by atoms with Gasteiger partial charge in [0.05, 0.1) is 0 Å². The quantitative estimate of drug-likeness (QED) is 0.337. The van der Waals surface area contributed by atoms with Crippen LogP contribution < -0.4 is 5.32 Å². The molecule has 1 heteroatoms. The van der Waals surface area contributed by atoms with Crippen LogP contribution in [0, 0.1) is 0 Å². The van der Waals surface area contributed by atoms with Crippen LogP contribution in [0.4, 0.5) is 11.4 Å². The Morgan fingerprint density at radius 1 is 0.484 bits per heavy atom. The number of benzene rings is 4. The summed E-state index contributed by atoms with van der Waals surface area (Å²) in [6.07, 6.45) is 0. The zero-order chi connectivity index (χ0) is 21.8. The van der Waals surface area contributed by atoms with Crippen LogP contribution in [0.2, 0.25) is 0 Å². The Morgan fingerprint density at radius 3 is 1.23 bits per heavy atom. The van der Waals surface area contributed by atoms with Crippen molar-refractivity contribution in [3.05, 3.63) is 108 Å². The molecule has 0 radical (unpaired) electrons. The van der Waals surface area contributed by atoms with Crippen molar-refractivity contribution in [2.24, 2.45) is 0 Å². The van der Waals surface area contributed by atoms with Crippen molar-refractivity contribution in [2.75, 3.05) is 5.32 Å². The third-order valence-electron chi connectivity index (χ3n) is 5.86. The van der Waals surface area contributed by atoms with Crippen molar-refractivity contribution in [3.8, 4) is 22.3 Å². The molecule has 0 aliphatic carbocycles. The maximum atomic E-state index is 3.77. The predicted molar refractivity (Wildman–Crippen MR) is 135 cm³/mol. The van der Waals surface area contributed by atoms with Crippen LogP contribution in [0.1, 0.15) is 50.7 Å². The highest BCUT2D eigenvalue weighted by Crippen LogP contribution is 2.37. The number of rotatable bonds is 6. The molecule has 0 atom stereocenters. The van der Waals surface area contributed by atoms with Gasteiger partial charge in [-0.15, -0.1) is 0 Å². The van der Waals surface area contributed by atoms with Gasteiger partial charge in [0.15, 0.2) is 0 Å². The summed E-state index contributed by atoms with van der Waals surface area (Å²) in [6.45, 7) is 8.98. The monoisotopic (exact) mass is 405 g/mol. The second-order valence-electron chi connectivity index (χ2n) is 8.78. The topological polar surface area (TPSA) is 12.0 Å². The first-order valence-corrected chi connectivity index (χ1v) is 11.2. The Kier molecular flexibility index (Phi) is 6.23. The first kappa shape index (κ1) is 20.9. The van der Waals surface area contributed by atoms with Crippen LogP contribution in [-0.2, 0) is 0 Å². The summed E-state index contributed by atoms with van der Waals surface area (Å²) < 4.78 is 0. The Morgan fingerprint density at radius 2 is 0.871 bits per heavy atom. The van der Waals surface area contributed by atoms with E-state index in [2.05, 4.69) is 130 Å². The van der Waals surface area contributed by atoms with Crippen LogP contribution in [0.25, 0.3) is 22.3 Å². The van der Waals surface area contributed by atoms with Gasteiger partial charge in [-0.2, -0.15) is 0 Å². The standard InChI is InChI=1S/C30H31N/c1-21(2)25-15-17-29(27(19-25)23-11-7-5-8-12-23)31-30-18-16-26(22(3)4)20-28(30)24-13-9-6-10-14-24/h5-22,31H,1-4H3. The van der Waals surface area contributed by atoms with Gasteiger partial charge in [-0.3, -0.25) is 0 Å². The van der Waals surface area contributed by atoms with Crippen molar-refractivity contribution in [1.82, 2.24) is 0 Å². The van der Waals surface area contributed by atoms with Crippen molar-refractivity contribution in [1.29, 1.82) is 0 Å². The van der Waals surface area contributed by atoms with Crippen LogP contribution in [0.15, 0.2) is 97.1 Å². The van der Waals surface area contributed by atoms with Crippen molar-refractivity contribution in [3.63, 3.8) is 0 Å². The van der Waals surface area contributed by atoms with E-state index < -0.39 is 0 Å². The van der Waals surface area contributed by atoms with Gasteiger partial charge in [-0.1, -0.05) is 100 Å². The average molecular weight is 406 g/mol. The summed E-state index contributed by atoms with van der Waals surface area (Å²) in [7, 11) is 0. The summed E-state index contributed by atoms with van der Waals surface area (Å²) in [5, 5.41) is 3.77. The highest BCUT2D eigenvalue weighted by Gasteiger charge is 2.13. The Balaban J connectivity index is 1.83. The highest BCUT2D eigenvalue weighted by atomic mass is 14.9. The molecule has 0 bridgehead atoms. The van der Waals surface area contributed by atoms with Gasteiger partial charge in [0.25, 0.3) is 0 Å². The van der Waals surface area contributed by atoms with Crippen LogP contribution in [0.5, 0.6) is 0 Å². The lowest BCUT2D eigenvalue weighted by molar-refractivity contribution is 0.867. The first-order chi connectivity index (χ1) is 15.0. The molecule has 0 aromatic heterocycles. The van der Waals surface area contributed by atoms with Crippen molar-refractivity contribution >= 4 is 11.4 Å². The lowest BCUT2D eigenvalue weighted by Crippen LogP contribution is -1.99. The molecule has 0 fully saturated rings. The molecule has 31 heavy (non-hydrogen) atoms. The molecule has 0 unspecified atom stereocenters. The molecular formula is C30H31N. The largest absolute Gasteiger partial charge is 0.355 e. The molecule has 0 saturated carbocycles. The van der Waals surface area contributed by atoms with Crippen molar-refractivity contribution in [2.45, 2.75) is 39.5 Å². The molecule has 0 spiro atoms. The summed E-state index contributed by atoms with van der Waals surface area (Å²) in [6, 6.07) is 34.9. The van der Waals surface area contributed by atoms with E-state index in [1.54, 1.807) is 0 Å². The zero-order valence-electron chi connectivity index (χ0n) is 18.9. The Bertz CT molecular complexity index is 1050. The lowest BCUT2D eigenvalue weighted by Gasteiger charge is -2.19. The second-order valence-corrected chi connectivity index (χ2v) is 8.78. The van der Waals surface area contributed by atoms with Gasteiger partial charge >= 0.3 is 0 Å². The molecule has 1 nitrogen and oxygen atoms in total. The smallest absolute Gasteiger partial charge is 0.0464 e. The molecule has 0 aliphatic rings. The van der Waals surface area contributed by atoms with Gasteiger partial charge in [-0.25, -0.2) is 0 Å². The molecule has 0 amide bonds. The summed E-state index contributed by atoms with van der Waals surface area (Å²) in [4.78, 5) is 0. The highest BCUT2D eigenvalue weighted by molar-refractivity contribution is 5.87. The minimum absolute atomic E-state index is 0.488. The fraction of sp³-hybridized carbons (Fsp3) is 0.200. The second kappa shape index (κ2) is 9.22. The average Bonchev–Trinajstić information content (AvgIpc) is 2.80. The number of hydrogen-bond donors (Lipinski definition) is 1. The van der Waals surface area contributed by atoms with Gasteiger partial charge in [-0.05, 0) is 58.4 Å². The minimum atomic E-state index is 0.488.